The van der Waals surface area contributed by atoms with E-state index in [2.05, 4.69) is 31.8 Å². The molecule has 0 radical (unpaired) electrons. The second-order valence-electron chi connectivity index (χ2n) is 9.76. The lowest BCUT2D eigenvalue weighted by Gasteiger charge is -2.28. The van der Waals surface area contributed by atoms with E-state index in [1.165, 1.54) is 0 Å². The van der Waals surface area contributed by atoms with Crippen molar-refractivity contribution in [3.05, 3.63) is 90.0 Å². The van der Waals surface area contributed by atoms with Crippen LogP contribution in [0.2, 0.25) is 0 Å². The van der Waals surface area contributed by atoms with Crippen LogP contribution >= 0.6 is 19.8 Å². The van der Waals surface area contributed by atoms with Crippen molar-refractivity contribution in [1.29, 1.82) is 0 Å². The van der Waals surface area contributed by atoms with Gasteiger partial charge in [0.2, 0.25) is 0 Å². The molecular weight excluding hydrogens is 433 g/mol. The van der Waals surface area contributed by atoms with Gasteiger partial charge in [-0.3, -0.25) is 4.79 Å². The average Bonchev–Trinajstić information content (AvgIpc) is 2.78. The summed E-state index contributed by atoms with van der Waals surface area (Å²) in [6.45, 7) is 10.0. The standard InChI is InChI=1S/C27H32NO2PS/c1-26(2,3)28-25(29)23-17-16-20(27(4,5)19-32)18-24(23)31(30,21-12-8-6-9-13-21)22-14-10-7-11-15-22/h6-18,32H,19H2,1-5H3,(H,28,29). The molecule has 0 heterocycles. The first-order chi connectivity index (χ1) is 15.0. The van der Waals surface area contributed by atoms with Gasteiger partial charge in [0.1, 0.15) is 0 Å². The minimum atomic E-state index is -3.33. The second kappa shape index (κ2) is 9.29. The molecule has 0 unspecified atom stereocenters. The highest BCUT2D eigenvalue weighted by Crippen LogP contribution is 2.44. The van der Waals surface area contributed by atoms with Crippen LogP contribution in [0.25, 0.3) is 0 Å². The number of hydrogen-bond acceptors (Lipinski definition) is 3. The first-order valence-electron chi connectivity index (χ1n) is 10.8. The van der Waals surface area contributed by atoms with Gasteiger partial charge < -0.3 is 9.88 Å². The zero-order chi connectivity index (χ0) is 23.6. The summed E-state index contributed by atoms with van der Waals surface area (Å²) in [4.78, 5) is 13.4. The van der Waals surface area contributed by atoms with E-state index >= 15 is 4.57 Å². The lowest BCUT2D eigenvalue weighted by atomic mass is 9.86. The maximum Gasteiger partial charge on any atom is 0.252 e. The van der Waals surface area contributed by atoms with Crippen molar-refractivity contribution in [3.8, 4) is 0 Å². The Morgan fingerprint density at radius 1 is 0.844 bits per heavy atom. The molecule has 3 rings (SSSR count). The molecule has 0 atom stereocenters. The Labute approximate surface area is 197 Å². The predicted octanol–water partition coefficient (Wildman–Crippen LogP) is 5.06. The van der Waals surface area contributed by atoms with Gasteiger partial charge in [0, 0.05) is 21.5 Å². The molecule has 0 fully saturated rings. The topological polar surface area (TPSA) is 46.2 Å². The van der Waals surface area contributed by atoms with Crippen LogP contribution in [0, 0.1) is 0 Å². The lowest BCUT2D eigenvalue weighted by Crippen LogP contribution is -2.43. The Bertz CT molecular complexity index is 1090. The zero-order valence-electron chi connectivity index (χ0n) is 19.4. The van der Waals surface area contributed by atoms with Gasteiger partial charge in [-0.1, -0.05) is 80.6 Å². The van der Waals surface area contributed by atoms with Crippen LogP contribution in [0.3, 0.4) is 0 Å². The summed E-state index contributed by atoms with van der Waals surface area (Å²) < 4.78 is 15.1. The molecule has 32 heavy (non-hydrogen) atoms. The highest BCUT2D eigenvalue weighted by Gasteiger charge is 2.35. The van der Waals surface area contributed by atoms with Gasteiger partial charge in [-0.2, -0.15) is 12.6 Å². The SMILES string of the molecule is CC(C)(C)NC(=O)c1ccc(C(C)(C)CS)cc1P(=O)(c1ccccc1)c1ccccc1. The smallest absolute Gasteiger partial charge is 0.252 e. The number of rotatable bonds is 6. The van der Waals surface area contributed by atoms with Crippen LogP contribution in [-0.4, -0.2) is 17.2 Å². The third-order valence-corrected chi connectivity index (χ3v) is 9.38. The predicted molar refractivity (Wildman–Crippen MR) is 140 cm³/mol. The molecule has 168 valence electrons. The van der Waals surface area contributed by atoms with Crippen molar-refractivity contribution in [2.24, 2.45) is 0 Å². The van der Waals surface area contributed by atoms with Crippen molar-refractivity contribution in [1.82, 2.24) is 5.32 Å². The molecule has 5 heteroatoms. The average molecular weight is 466 g/mol. The molecule has 1 N–H and O–H groups in total. The fourth-order valence-corrected chi connectivity index (χ4v) is 6.66. The van der Waals surface area contributed by atoms with Gasteiger partial charge in [0.25, 0.3) is 5.91 Å². The van der Waals surface area contributed by atoms with E-state index in [1.54, 1.807) is 0 Å². The first-order valence-corrected chi connectivity index (χ1v) is 13.1. The molecule has 1 amide bonds. The third-order valence-electron chi connectivity index (χ3n) is 5.49. The molecule has 0 aliphatic carbocycles. The minimum Gasteiger partial charge on any atom is -0.347 e. The van der Waals surface area contributed by atoms with Gasteiger partial charge in [-0.15, -0.1) is 0 Å². The number of carbonyl (C=O) groups excluding carboxylic acids is 1. The summed E-state index contributed by atoms with van der Waals surface area (Å²) in [5.41, 5.74) is 0.785. The molecule has 3 nitrogen and oxygen atoms in total. The summed E-state index contributed by atoms with van der Waals surface area (Å²) in [6.07, 6.45) is 0. The molecule has 0 bridgehead atoms. The quantitative estimate of drug-likeness (QED) is 0.395. The van der Waals surface area contributed by atoms with E-state index in [0.29, 0.717) is 27.2 Å². The summed E-state index contributed by atoms with van der Waals surface area (Å²) >= 11 is 4.53. The largest absolute Gasteiger partial charge is 0.347 e. The van der Waals surface area contributed by atoms with E-state index < -0.39 is 12.7 Å². The van der Waals surface area contributed by atoms with Crippen molar-refractivity contribution in [2.75, 3.05) is 5.75 Å². The fraction of sp³-hybridized carbons (Fsp3) is 0.296. The molecule has 0 saturated heterocycles. The number of amides is 1. The highest BCUT2D eigenvalue weighted by atomic mass is 32.1. The van der Waals surface area contributed by atoms with Crippen molar-refractivity contribution in [2.45, 2.75) is 45.6 Å². The Morgan fingerprint density at radius 3 is 1.78 bits per heavy atom. The van der Waals surface area contributed by atoms with Crippen LogP contribution in [0.4, 0.5) is 0 Å². The number of benzene rings is 3. The Hall–Kier alpha value is -2.29. The summed E-state index contributed by atoms with van der Waals surface area (Å²) in [5.74, 6) is 0.399. The van der Waals surface area contributed by atoms with Crippen LogP contribution in [-0.2, 0) is 9.98 Å². The maximum absolute atomic E-state index is 15.1. The van der Waals surface area contributed by atoms with E-state index in [9.17, 15) is 4.79 Å². The molecule has 0 spiro atoms. The molecule has 0 aliphatic rings. The maximum atomic E-state index is 15.1. The minimum absolute atomic E-state index is 0.227. The van der Waals surface area contributed by atoms with Crippen molar-refractivity contribution in [3.63, 3.8) is 0 Å². The van der Waals surface area contributed by atoms with E-state index in [4.69, 9.17) is 0 Å². The highest BCUT2D eigenvalue weighted by molar-refractivity contribution is 7.85. The molecule has 0 aromatic heterocycles. The second-order valence-corrected chi connectivity index (χ2v) is 12.8. The number of hydrogen-bond donors (Lipinski definition) is 2. The summed E-state index contributed by atoms with van der Waals surface area (Å²) in [5, 5.41) is 5.02. The molecule has 3 aromatic rings. The third kappa shape index (κ3) is 5.03. The van der Waals surface area contributed by atoms with Crippen molar-refractivity contribution < 1.29 is 9.36 Å². The summed E-state index contributed by atoms with van der Waals surface area (Å²) in [6, 6.07) is 24.6. The Morgan fingerprint density at radius 2 is 1.34 bits per heavy atom. The Balaban J connectivity index is 2.37. The van der Waals surface area contributed by atoms with Crippen LogP contribution in [0.5, 0.6) is 0 Å². The van der Waals surface area contributed by atoms with E-state index in [0.717, 1.165) is 5.56 Å². The van der Waals surface area contributed by atoms with Gasteiger partial charge in [-0.25, -0.2) is 0 Å². The number of thiol groups is 1. The van der Waals surface area contributed by atoms with Gasteiger partial charge in [0.15, 0.2) is 7.14 Å². The van der Waals surface area contributed by atoms with E-state index in [1.807, 2.05) is 99.6 Å². The van der Waals surface area contributed by atoms with Crippen LogP contribution < -0.4 is 21.2 Å². The van der Waals surface area contributed by atoms with Gasteiger partial charge in [0.05, 0.1) is 5.56 Å². The summed E-state index contributed by atoms with van der Waals surface area (Å²) in [7, 11) is -3.33. The normalized spacial score (nSPS) is 12.4. The molecule has 0 saturated carbocycles. The monoisotopic (exact) mass is 465 g/mol. The Kier molecular flexibility index (Phi) is 7.07. The van der Waals surface area contributed by atoms with Gasteiger partial charge >= 0.3 is 0 Å². The number of nitrogens with one attached hydrogen (secondary N) is 1. The lowest BCUT2D eigenvalue weighted by molar-refractivity contribution is 0.0920. The number of carbonyl (C=O) groups is 1. The van der Waals surface area contributed by atoms with Crippen LogP contribution in [0.15, 0.2) is 78.9 Å². The fourth-order valence-electron chi connectivity index (χ4n) is 3.61. The zero-order valence-corrected chi connectivity index (χ0v) is 21.2. The van der Waals surface area contributed by atoms with Gasteiger partial charge in [-0.05, 0) is 49.6 Å². The van der Waals surface area contributed by atoms with E-state index in [-0.39, 0.29) is 11.3 Å². The first kappa shape index (κ1) is 24.4. The van der Waals surface area contributed by atoms with Crippen LogP contribution in [0.1, 0.15) is 50.5 Å². The molecule has 3 aromatic carbocycles. The van der Waals surface area contributed by atoms with Crippen molar-refractivity contribution >= 4 is 41.6 Å². The molecular formula is C27H32NO2PS. The molecule has 0 aliphatic heterocycles.